The van der Waals surface area contributed by atoms with Gasteiger partial charge in [0.1, 0.15) is 0 Å². The quantitative estimate of drug-likeness (QED) is 0.742. The molecule has 3 aromatic rings. The smallest absolute Gasteiger partial charge is 0.0650 e. The van der Waals surface area contributed by atoms with Crippen LogP contribution in [0.2, 0.25) is 0 Å². The van der Waals surface area contributed by atoms with Crippen LogP contribution < -0.4 is 5.32 Å². The van der Waals surface area contributed by atoms with Crippen LogP contribution in [-0.2, 0) is 6.54 Å². The molecular formula is C18H19N3. The number of rotatable bonds is 5. The predicted octanol–water partition coefficient (Wildman–Crippen LogP) is 3.93. The summed E-state index contributed by atoms with van der Waals surface area (Å²) in [6.45, 7) is 3.05. The van der Waals surface area contributed by atoms with Gasteiger partial charge in [0.25, 0.3) is 0 Å². The van der Waals surface area contributed by atoms with Crippen molar-refractivity contribution in [1.82, 2.24) is 15.5 Å². The molecule has 0 saturated carbocycles. The summed E-state index contributed by atoms with van der Waals surface area (Å²) in [6, 6.07) is 21.4. The lowest BCUT2D eigenvalue weighted by atomic mass is 10.1. The van der Waals surface area contributed by atoms with Gasteiger partial charge in [-0.15, -0.1) is 0 Å². The molecule has 2 aromatic carbocycles. The van der Waals surface area contributed by atoms with Crippen LogP contribution in [0.3, 0.4) is 0 Å². The van der Waals surface area contributed by atoms with Crippen LogP contribution in [-0.4, -0.2) is 10.2 Å². The van der Waals surface area contributed by atoms with Crippen molar-refractivity contribution in [3.63, 3.8) is 0 Å². The largest absolute Gasteiger partial charge is 0.306 e. The minimum atomic E-state index is 0.346. The molecule has 2 N–H and O–H groups in total. The Morgan fingerprint density at radius 2 is 1.76 bits per heavy atom. The number of nitrogens with one attached hydrogen (secondary N) is 2. The molecule has 3 nitrogen and oxygen atoms in total. The summed E-state index contributed by atoms with van der Waals surface area (Å²) in [7, 11) is 0. The van der Waals surface area contributed by atoms with Gasteiger partial charge >= 0.3 is 0 Å². The van der Waals surface area contributed by atoms with Crippen molar-refractivity contribution in [1.29, 1.82) is 0 Å². The maximum atomic E-state index is 3.98. The van der Waals surface area contributed by atoms with E-state index in [1.165, 1.54) is 11.1 Å². The Labute approximate surface area is 125 Å². The van der Waals surface area contributed by atoms with Crippen LogP contribution in [0.15, 0.2) is 66.9 Å². The third-order valence-electron chi connectivity index (χ3n) is 3.68. The van der Waals surface area contributed by atoms with Crippen molar-refractivity contribution in [2.75, 3.05) is 0 Å². The van der Waals surface area contributed by atoms with Crippen LogP contribution in [0.4, 0.5) is 0 Å². The van der Waals surface area contributed by atoms with E-state index in [9.17, 15) is 0 Å². The van der Waals surface area contributed by atoms with Gasteiger partial charge in [-0.25, -0.2) is 0 Å². The van der Waals surface area contributed by atoms with Gasteiger partial charge in [-0.1, -0.05) is 54.6 Å². The van der Waals surface area contributed by atoms with E-state index in [4.69, 9.17) is 0 Å². The molecule has 0 saturated heterocycles. The number of aromatic nitrogens is 2. The molecular weight excluding hydrogens is 258 g/mol. The Morgan fingerprint density at radius 1 is 1.00 bits per heavy atom. The van der Waals surface area contributed by atoms with Crippen LogP contribution in [0.1, 0.15) is 24.1 Å². The third-order valence-corrected chi connectivity index (χ3v) is 3.68. The Hall–Kier alpha value is -2.39. The first-order valence-corrected chi connectivity index (χ1v) is 7.20. The predicted molar refractivity (Wildman–Crippen MR) is 85.7 cm³/mol. The van der Waals surface area contributed by atoms with Gasteiger partial charge in [0.05, 0.1) is 5.69 Å². The standard InChI is InChI=1S/C18H19N3/c1-14(16-5-3-2-4-6-16)19-13-15-7-9-17(10-8-15)18-11-12-20-21-18/h2-12,14,19H,13H2,1H3,(H,20,21). The SMILES string of the molecule is CC(NCc1ccc(-c2ccn[nH]2)cc1)c1ccccc1. The number of benzene rings is 2. The van der Waals surface area contributed by atoms with E-state index in [-0.39, 0.29) is 0 Å². The van der Waals surface area contributed by atoms with Crippen molar-refractivity contribution in [3.8, 4) is 11.3 Å². The normalized spacial score (nSPS) is 12.2. The molecule has 1 aromatic heterocycles. The lowest BCUT2D eigenvalue weighted by Gasteiger charge is -2.14. The Morgan fingerprint density at radius 3 is 2.43 bits per heavy atom. The fourth-order valence-electron chi connectivity index (χ4n) is 2.35. The lowest BCUT2D eigenvalue weighted by Crippen LogP contribution is -2.17. The second kappa shape index (κ2) is 6.37. The molecule has 0 amide bonds. The third kappa shape index (κ3) is 3.38. The molecule has 0 aliphatic rings. The molecule has 0 bridgehead atoms. The number of hydrogen-bond acceptors (Lipinski definition) is 2. The van der Waals surface area contributed by atoms with Crippen molar-refractivity contribution in [2.45, 2.75) is 19.5 Å². The average Bonchev–Trinajstić information content (AvgIpc) is 3.08. The number of aromatic amines is 1. The van der Waals surface area contributed by atoms with Gasteiger partial charge in [-0.05, 0) is 29.7 Å². The first-order chi connectivity index (χ1) is 10.3. The van der Waals surface area contributed by atoms with Crippen LogP contribution in [0.5, 0.6) is 0 Å². The second-order valence-corrected chi connectivity index (χ2v) is 5.18. The van der Waals surface area contributed by atoms with Gasteiger partial charge in [0.15, 0.2) is 0 Å². The molecule has 1 atom stereocenters. The minimum Gasteiger partial charge on any atom is -0.306 e. The van der Waals surface area contributed by atoms with Crippen molar-refractivity contribution >= 4 is 0 Å². The Kier molecular flexibility index (Phi) is 4.12. The molecule has 0 spiro atoms. The Bertz CT molecular complexity index is 657. The zero-order valence-corrected chi connectivity index (χ0v) is 12.1. The van der Waals surface area contributed by atoms with E-state index in [2.05, 4.69) is 71.0 Å². The van der Waals surface area contributed by atoms with E-state index in [1.54, 1.807) is 6.20 Å². The summed E-state index contributed by atoms with van der Waals surface area (Å²) in [5, 5.41) is 10.5. The highest BCUT2D eigenvalue weighted by Gasteiger charge is 2.04. The molecule has 0 aliphatic heterocycles. The average molecular weight is 277 g/mol. The van der Waals surface area contributed by atoms with E-state index in [0.717, 1.165) is 17.8 Å². The summed E-state index contributed by atoms with van der Waals surface area (Å²) < 4.78 is 0. The lowest BCUT2D eigenvalue weighted by molar-refractivity contribution is 0.575. The highest BCUT2D eigenvalue weighted by molar-refractivity contribution is 5.58. The first-order valence-electron chi connectivity index (χ1n) is 7.20. The maximum Gasteiger partial charge on any atom is 0.0650 e. The molecule has 0 fully saturated rings. The summed E-state index contributed by atoms with van der Waals surface area (Å²) in [6.07, 6.45) is 1.77. The van der Waals surface area contributed by atoms with Gasteiger partial charge in [0.2, 0.25) is 0 Å². The van der Waals surface area contributed by atoms with E-state index in [1.807, 2.05) is 12.1 Å². The van der Waals surface area contributed by atoms with E-state index in [0.29, 0.717) is 6.04 Å². The maximum absolute atomic E-state index is 3.98. The molecule has 1 unspecified atom stereocenters. The molecule has 21 heavy (non-hydrogen) atoms. The zero-order chi connectivity index (χ0) is 14.5. The van der Waals surface area contributed by atoms with Crippen LogP contribution in [0.25, 0.3) is 11.3 Å². The summed E-state index contributed by atoms with van der Waals surface area (Å²) in [4.78, 5) is 0. The zero-order valence-electron chi connectivity index (χ0n) is 12.1. The fraction of sp³-hybridized carbons (Fsp3) is 0.167. The highest BCUT2D eigenvalue weighted by atomic mass is 15.1. The topological polar surface area (TPSA) is 40.7 Å². The van der Waals surface area contributed by atoms with Gasteiger partial charge in [0, 0.05) is 18.8 Å². The first kappa shape index (κ1) is 13.6. The monoisotopic (exact) mass is 277 g/mol. The van der Waals surface area contributed by atoms with Crippen LogP contribution in [0, 0.1) is 0 Å². The van der Waals surface area contributed by atoms with Gasteiger partial charge in [-0.3, -0.25) is 5.10 Å². The summed E-state index contributed by atoms with van der Waals surface area (Å²) in [5.74, 6) is 0. The Balaban J connectivity index is 1.61. The van der Waals surface area contributed by atoms with Crippen LogP contribution >= 0.6 is 0 Å². The van der Waals surface area contributed by atoms with Crippen molar-refractivity contribution in [3.05, 3.63) is 78.0 Å². The molecule has 1 heterocycles. The van der Waals surface area contributed by atoms with Gasteiger partial charge < -0.3 is 5.32 Å². The van der Waals surface area contributed by atoms with Crippen molar-refractivity contribution in [2.24, 2.45) is 0 Å². The van der Waals surface area contributed by atoms with E-state index >= 15 is 0 Å². The van der Waals surface area contributed by atoms with Crippen molar-refractivity contribution < 1.29 is 0 Å². The highest BCUT2D eigenvalue weighted by Crippen LogP contribution is 2.17. The number of nitrogens with zero attached hydrogens (tertiary/aromatic N) is 1. The number of hydrogen-bond donors (Lipinski definition) is 2. The molecule has 106 valence electrons. The molecule has 0 radical (unpaired) electrons. The molecule has 0 aliphatic carbocycles. The molecule has 3 heteroatoms. The minimum absolute atomic E-state index is 0.346. The second-order valence-electron chi connectivity index (χ2n) is 5.18. The summed E-state index contributed by atoms with van der Waals surface area (Å²) in [5.41, 5.74) is 4.80. The molecule has 3 rings (SSSR count). The van der Waals surface area contributed by atoms with Gasteiger partial charge in [-0.2, -0.15) is 5.10 Å². The summed E-state index contributed by atoms with van der Waals surface area (Å²) >= 11 is 0. The number of H-pyrrole nitrogens is 1. The van der Waals surface area contributed by atoms with E-state index < -0.39 is 0 Å². The fourth-order valence-corrected chi connectivity index (χ4v) is 2.35.